The second kappa shape index (κ2) is 7.17. The molecule has 0 aliphatic carbocycles. The monoisotopic (exact) mass is 267 g/mol. The van der Waals surface area contributed by atoms with Gasteiger partial charge in [0, 0.05) is 30.0 Å². The van der Waals surface area contributed by atoms with Crippen LogP contribution in [0.25, 0.3) is 0 Å². The van der Waals surface area contributed by atoms with Gasteiger partial charge in [-0.3, -0.25) is 0 Å². The van der Waals surface area contributed by atoms with Gasteiger partial charge in [0.1, 0.15) is 0 Å². The summed E-state index contributed by atoms with van der Waals surface area (Å²) >= 11 is 1.87. The van der Waals surface area contributed by atoms with Crippen molar-refractivity contribution in [2.45, 2.75) is 32.2 Å². The Balaban J connectivity index is 2.51. The molecule has 0 heterocycles. The van der Waals surface area contributed by atoms with Crippen LogP contribution in [-0.2, 0) is 6.54 Å². The fraction of sp³-hybridized carbons (Fsp3) is 0.600. The van der Waals surface area contributed by atoms with Gasteiger partial charge in [-0.05, 0) is 30.5 Å². The smallest absolute Gasteiger partial charge is 0.0494 e. The van der Waals surface area contributed by atoms with Gasteiger partial charge in [0.15, 0.2) is 0 Å². The van der Waals surface area contributed by atoms with Crippen LogP contribution in [0.4, 0.5) is 0 Å². The molecule has 0 unspecified atom stereocenters. The Morgan fingerprint density at radius 2 is 1.83 bits per heavy atom. The first kappa shape index (κ1) is 15.5. The van der Waals surface area contributed by atoms with Crippen molar-refractivity contribution in [1.29, 1.82) is 0 Å². The normalized spacial score (nSPS) is 12.1. The molecule has 0 saturated heterocycles. The summed E-state index contributed by atoms with van der Waals surface area (Å²) in [6, 6.07) is 8.77. The van der Waals surface area contributed by atoms with Crippen LogP contribution < -0.4 is 0 Å². The van der Waals surface area contributed by atoms with E-state index in [1.807, 2.05) is 11.8 Å². The highest BCUT2D eigenvalue weighted by atomic mass is 32.2. The second-order valence-corrected chi connectivity index (χ2v) is 6.91. The topological polar surface area (TPSA) is 23.5 Å². The Bertz CT molecular complexity index is 348. The number of thioether (sulfide) groups is 1. The number of nitrogens with zero attached hydrogens (tertiary/aromatic N) is 1. The maximum absolute atomic E-state index is 9.28. The number of benzene rings is 1. The van der Waals surface area contributed by atoms with Crippen molar-refractivity contribution in [2.75, 3.05) is 26.0 Å². The maximum atomic E-state index is 9.28. The largest absolute Gasteiger partial charge is 0.396 e. The maximum Gasteiger partial charge on any atom is 0.0494 e. The van der Waals surface area contributed by atoms with E-state index >= 15 is 0 Å². The predicted molar refractivity (Wildman–Crippen MR) is 80.0 cm³/mol. The average Bonchev–Trinajstić information content (AvgIpc) is 2.31. The van der Waals surface area contributed by atoms with Crippen LogP contribution in [0.2, 0.25) is 0 Å². The van der Waals surface area contributed by atoms with E-state index in [1.165, 1.54) is 10.5 Å². The Morgan fingerprint density at radius 1 is 1.22 bits per heavy atom. The first-order valence-corrected chi connectivity index (χ1v) is 7.46. The van der Waals surface area contributed by atoms with E-state index in [0.717, 1.165) is 18.8 Å². The van der Waals surface area contributed by atoms with E-state index in [2.05, 4.69) is 57.0 Å². The highest BCUT2D eigenvalue weighted by Gasteiger charge is 2.18. The summed E-state index contributed by atoms with van der Waals surface area (Å²) in [4.78, 5) is 3.60. The zero-order valence-electron chi connectivity index (χ0n) is 11.9. The van der Waals surface area contributed by atoms with Crippen LogP contribution >= 0.6 is 11.8 Å². The van der Waals surface area contributed by atoms with Gasteiger partial charge >= 0.3 is 0 Å². The van der Waals surface area contributed by atoms with Crippen LogP contribution in [-0.4, -0.2) is 36.0 Å². The molecule has 1 rings (SSSR count). The Kier molecular flexibility index (Phi) is 6.19. The SMILES string of the molecule is CCSc1ccc(CN(C)CC(C)(C)CO)cc1. The first-order valence-electron chi connectivity index (χ1n) is 6.48. The van der Waals surface area contributed by atoms with Crippen LogP contribution in [0.5, 0.6) is 0 Å². The van der Waals surface area contributed by atoms with Crippen LogP contribution in [0.3, 0.4) is 0 Å². The lowest BCUT2D eigenvalue weighted by molar-refractivity contribution is 0.112. The summed E-state index contributed by atoms with van der Waals surface area (Å²) < 4.78 is 0. The molecule has 0 spiro atoms. The van der Waals surface area contributed by atoms with Gasteiger partial charge in [-0.2, -0.15) is 0 Å². The van der Waals surface area contributed by atoms with Crippen LogP contribution in [0.15, 0.2) is 29.2 Å². The van der Waals surface area contributed by atoms with Gasteiger partial charge in [-0.25, -0.2) is 0 Å². The molecule has 0 amide bonds. The van der Waals surface area contributed by atoms with E-state index in [1.54, 1.807) is 0 Å². The molecule has 102 valence electrons. The zero-order valence-corrected chi connectivity index (χ0v) is 12.8. The summed E-state index contributed by atoms with van der Waals surface area (Å²) in [5.41, 5.74) is 1.29. The third-order valence-electron chi connectivity index (χ3n) is 2.81. The standard InChI is InChI=1S/C15H25NOS/c1-5-18-14-8-6-13(7-9-14)10-16(4)11-15(2,3)12-17/h6-9,17H,5,10-12H2,1-4H3. The molecule has 3 heteroatoms. The van der Waals surface area contributed by atoms with Crippen molar-refractivity contribution in [3.63, 3.8) is 0 Å². The molecule has 0 fully saturated rings. The average molecular weight is 267 g/mol. The minimum Gasteiger partial charge on any atom is -0.396 e. The molecular weight excluding hydrogens is 242 g/mol. The molecule has 0 aliphatic rings. The van der Waals surface area contributed by atoms with E-state index < -0.39 is 0 Å². The summed E-state index contributed by atoms with van der Waals surface area (Å²) in [7, 11) is 2.10. The van der Waals surface area contributed by atoms with Gasteiger partial charge in [0.05, 0.1) is 0 Å². The molecule has 0 radical (unpaired) electrons. The number of rotatable bonds is 7. The molecule has 18 heavy (non-hydrogen) atoms. The predicted octanol–water partition coefficient (Wildman–Crippen LogP) is 3.25. The molecule has 0 saturated carbocycles. The van der Waals surface area contributed by atoms with E-state index in [9.17, 15) is 5.11 Å². The number of aliphatic hydroxyl groups is 1. The first-order chi connectivity index (χ1) is 8.46. The molecular formula is C15H25NOS. The Morgan fingerprint density at radius 3 is 2.33 bits per heavy atom. The van der Waals surface area contributed by atoms with Gasteiger partial charge in [-0.15, -0.1) is 11.8 Å². The molecule has 2 nitrogen and oxygen atoms in total. The molecule has 1 aromatic carbocycles. The van der Waals surface area contributed by atoms with E-state index in [0.29, 0.717) is 0 Å². The highest BCUT2D eigenvalue weighted by molar-refractivity contribution is 7.99. The highest BCUT2D eigenvalue weighted by Crippen LogP contribution is 2.19. The lowest BCUT2D eigenvalue weighted by atomic mass is 9.94. The molecule has 0 aliphatic heterocycles. The quantitative estimate of drug-likeness (QED) is 0.767. The van der Waals surface area contributed by atoms with Crippen molar-refractivity contribution in [3.8, 4) is 0 Å². The fourth-order valence-corrected chi connectivity index (χ4v) is 2.67. The third-order valence-corrected chi connectivity index (χ3v) is 3.71. The van der Waals surface area contributed by atoms with Crippen molar-refractivity contribution in [3.05, 3.63) is 29.8 Å². The Labute approximate surface area is 115 Å². The molecule has 0 bridgehead atoms. The van der Waals surface area contributed by atoms with E-state index in [4.69, 9.17) is 0 Å². The minimum atomic E-state index is -0.0350. The van der Waals surface area contributed by atoms with Crippen LogP contribution in [0, 0.1) is 5.41 Å². The summed E-state index contributed by atoms with van der Waals surface area (Å²) in [5.74, 6) is 1.12. The van der Waals surface area contributed by atoms with Gasteiger partial charge in [0.2, 0.25) is 0 Å². The molecule has 0 atom stereocenters. The molecule has 0 aromatic heterocycles. The Hall–Kier alpha value is -0.510. The zero-order chi connectivity index (χ0) is 13.6. The van der Waals surface area contributed by atoms with Gasteiger partial charge < -0.3 is 10.0 Å². The van der Waals surface area contributed by atoms with Crippen LogP contribution in [0.1, 0.15) is 26.3 Å². The summed E-state index contributed by atoms with van der Waals surface area (Å²) in [6.45, 7) is 8.40. The summed E-state index contributed by atoms with van der Waals surface area (Å²) in [5, 5.41) is 9.28. The molecule has 1 N–H and O–H groups in total. The lowest BCUT2D eigenvalue weighted by Crippen LogP contribution is -2.33. The number of hydrogen-bond donors (Lipinski definition) is 1. The summed E-state index contributed by atoms with van der Waals surface area (Å²) in [6.07, 6.45) is 0. The fourth-order valence-electron chi connectivity index (χ4n) is 2.01. The van der Waals surface area contributed by atoms with Gasteiger partial charge in [-0.1, -0.05) is 32.9 Å². The second-order valence-electron chi connectivity index (χ2n) is 5.57. The molecule has 1 aromatic rings. The lowest BCUT2D eigenvalue weighted by Gasteiger charge is -2.28. The van der Waals surface area contributed by atoms with E-state index in [-0.39, 0.29) is 12.0 Å². The van der Waals surface area contributed by atoms with Crippen molar-refractivity contribution in [1.82, 2.24) is 4.90 Å². The number of aliphatic hydroxyl groups excluding tert-OH is 1. The van der Waals surface area contributed by atoms with Gasteiger partial charge in [0.25, 0.3) is 0 Å². The number of hydrogen-bond acceptors (Lipinski definition) is 3. The van der Waals surface area contributed by atoms with Crippen molar-refractivity contribution >= 4 is 11.8 Å². The van der Waals surface area contributed by atoms with Crippen molar-refractivity contribution in [2.24, 2.45) is 5.41 Å². The van der Waals surface area contributed by atoms with Crippen molar-refractivity contribution < 1.29 is 5.11 Å². The minimum absolute atomic E-state index is 0.0350. The third kappa shape index (κ3) is 5.42.